The number of nitrogens with one attached hydrogen (secondary N) is 2. The van der Waals surface area contributed by atoms with Gasteiger partial charge in [0.05, 0.1) is 12.3 Å². The van der Waals surface area contributed by atoms with Crippen molar-refractivity contribution in [1.29, 1.82) is 0 Å². The van der Waals surface area contributed by atoms with Crippen molar-refractivity contribution in [2.45, 2.75) is 20.4 Å². The fourth-order valence-electron chi connectivity index (χ4n) is 1.95. The van der Waals surface area contributed by atoms with E-state index in [0.29, 0.717) is 18.3 Å². The number of anilines is 1. The van der Waals surface area contributed by atoms with E-state index < -0.39 is 0 Å². The Kier molecular flexibility index (Phi) is 6.04. The van der Waals surface area contributed by atoms with Gasteiger partial charge in [-0.2, -0.15) is 0 Å². The van der Waals surface area contributed by atoms with Crippen LogP contribution in [0, 0.1) is 6.92 Å². The van der Waals surface area contributed by atoms with Crippen LogP contribution in [0.25, 0.3) is 0 Å². The van der Waals surface area contributed by atoms with Gasteiger partial charge in [0, 0.05) is 11.6 Å². The maximum Gasteiger partial charge on any atom is 0.171 e. The van der Waals surface area contributed by atoms with Crippen molar-refractivity contribution < 1.29 is 4.74 Å². The highest BCUT2D eigenvalue weighted by molar-refractivity contribution is 7.80. The normalized spacial score (nSPS) is 10.1. The SMILES string of the molecule is CCOc1ccccc1NC(=S)NCc1ccc(C)c(Cl)c1. The average molecular weight is 335 g/mol. The largest absolute Gasteiger partial charge is 0.492 e. The first-order valence-electron chi connectivity index (χ1n) is 7.12. The Labute approximate surface area is 141 Å². The number of para-hydroxylation sites is 2. The molecule has 5 heteroatoms. The number of hydrogen-bond acceptors (Lipinski definition) is 2. The first-order chi connectivity index (χ1) is 10.6. The number of aryl methyl sites for hydroxylation is 1. The van der Waals surface area contributed by atoms with Crippen LogP contribution in [0.1, 0.15) is 18.1 Å². The van der Waals surface area contributed by atoms with Gasteiger partial charge in [0.25, 0.3) is 0 Å². The van der Waals surface area contributed by atoms with Crippen molar-refractivity contribution in [3.63, 3.8) is 0 Å². The van der Waals surface area contributed by atoms with E-state index in [1.807, 2.05) is 56.3 Å². The highest BCUT2D eigenvalue weighted by Crippen LogP contribution is 2.23. The van der Waals surface area contributed by atoms with E-state index in [1.54, 1.807) is 0 Å². The minimum Gasteiger partial charge on any atom is -0.492 e. The molecule has 0 bridgehead atoms. The van der Waals surface area contributed by atoms with Gasteiger partial charge in [0.1, 0.15) is 5.75 Å². The zero-order valence-electron chi connectivity index (χ0n) is 12.7. The predicted octanol–water partition coefficient (Wildman–Crippen LogP) is 4.53. The van der Waals surface area contributed by atoms with Crippen LogP contribution in [0.5, 0.6) is 5.75 Å². The molecule has 0 saturated carbocycles. The number of rotatable bonds is 5. The van der Waals surface area contributed by atoms with Gasteiger partial charge in [-0.15, -0.1) is 0 Å². The molecule has 0 aliphatic rings. The summed E-state index contributed by atoms with van der Waals surface area (Å²) in [6, 6.07) is 13.7. The average Bonchev–Trinajstić information content (AvgIpc) is 2.51. The van der Waals surface area contributed by atoms with Crippen LogP contribution in [-0.2, 0) is 6.54 Å². The van der Waals surface area contributed by atoms with E-state index in [1.165, 1.54) is 0 Å². The predicted molar refractivity (Wildman–Crippen MR) is 96.9 cm³/mol. The number of hydrogen-bond donors (Lipinski definition) is 2. The maximum absolute atomic E-state index is 6.12. The van der Waals surface area contributed by atoms with Gasteiger partial charge in [-0.05, 0) is 55.4 Å². The minimum absolute atomic E-state index is 0.545. The highest BCUT2D eigenvalue weighted by Gasteiger charge is 2.05. The number of thiocarbonyl (C=S) groups is 1. The summed E-state index contributed by atoms with van der Waals surface area (Å²) in [5.74, 6) is 0.785. The van der Waals surface area contributed by atoms with Gasteiger partial charge in [-0.1, -0.05) is 35.9 Å². The number of benzene rings is 2. The van der Waals surface area contributed by atoms with Crippen LogP contribution < -0.4 is 15.4 Å². The fraction of sp³-hybridized carbons (Fsp3) is 0.235. The zero-order chi connectivity index (χ0) is 15.9. The third-order valence-electron chi connectivity index (χ3n) is 3.12. The molecule has 0 radical (unpaired) electrons. The molecule has 2 aromatic carbocycles. The minimum atomic E-state index is 0.545. The highest BCUT2D eigenvalue weighted by atomic mass is 35.5. The van der Waals surface area contributed by atoms with Crippen molar-refractivity contribution >= 4 is 34.6 Å². The lowest BCUT2D eigenvalue weighted by Crippen LogP contribution is -2.28. The summed E-state index contributed by atoms with van der Waals surface area (Å²) in [6.07, 6.45) is 0. The van der Waals surface area contributed by atoms with Gasteiger partial charge in [0.2, 0.25) is 0 Å². The summed E-state index contributed by atoms with van der Waals surface area (Å²) >= 11 is 11.4. The lowest BCUT2D eigenvalue weighted by molar-refractivity contribution is 0.342. The summed E-state index contributed by atoms with van der Waals surface area (Å²) in [5, 5.41) is 7.63. The van der Waals surface area contributed by atoms with Crippen LogP contribution >= 0.6 is 23.8 Å². The Morgan fingerprint density at radius 1 is 1.23 bits per heavy atom. The van der Waals surface area contributed by atoms with Gasteiger partial charge in [0.15, 0.2) is 5.11 Å². The van der Waals surface area contributed by atoms with Crippen molar-refractivity contribution in [1.82, 2.24) is 5.32 Å². The third-order valence-corrected chi connectivity index (χ3v) is 3.78. The lowest BCUT2D eigenvalue weighted by Gasteiger charge is -2.14. The molecular weight excluding hydrogens is 316 g/mol. The van der Waals surface area contributed by atoms with Crippen LogP contribution in [-0.4, -0.2) is 11.7 Å². The molecule has 0 heterocycles. The van der Waals surface area contributed by atoms with Gasteiger partial charge >= 0.3 is 0 Å². The summed E-state index contributed by atoms with van der Waals surface area (Å²) in [6.45, 7) is 5.16. The first-order valence-corrected chi connectivity index (χ1v) is 7.90. The first kappa shape index (κ1) is 16.6. The molecule has 0 aliphatic carbocycles. The maximum atomic E-state index is 6.12. The summed E-state index contributed by atoms with van der Waals surface area (Å²) in [5.41, 5.74) is 3.00. The quantitative estimate of drug-likeness (QED) is 0.787. The third kappa shape index (κ3) is 4.61. The van der Waals surface area contributed by atoms with Crippen LogP contribution in [0.2, 0.25) is 5.02 Å². The molecule has 0 aromatic heterocycles. The standard InChI is InChI=1S/C17H19ClN2OS/c1-3-21-16-7-5-4-6-15(16)20-17(22)19-11-13-9-8-12(2)14(18)10-13/h4-10H,3,11H2,1-2H3,(H2,19,20,22). The number of ether oxygens (including phenoxy) is 1. The second-order valence-electron chi connectivity index (χ2n) is 4.82. The van der Waals surface area contributed by atoms with Crippen LogP contribution in [0.4, 0.5) is 5.69 Å². The molecule has 2 N–H and O–H groups in total. The molecular formula is C17H19ClN2OS. The molecule has 0 saturated heterocycles. The second-order valence-corrected chi connectivity index (χ2v) is 5.64. The Bertz CT molecular complexity index is 661. The molecule has 0 unspecified atom stereocenters. The Hall–Kier alpha value is -1.78. The van der Waals surface area contributed by atoms with Crippen molar-refractivity contribution in [2.24, 2.45) is 0 Å². The molecule has 0 aliphatic heterocycles. The summed E-state index contributed by atoms with van der Waals surface area (Å²) in [4.78, 5) is 0. The van der Waals surface area contributed by atoms with Crippen molar-refractivity contribution in [2.75, 3.05) is 11.9 Å². The topological polar surface area (TPSA) is 33.3 Å². The molecule has 0 amide bonds. The zero-order valence-corrected chi connectivity index (χ0v) is 14.2. The fourth-order valence-corrected chi connectivity index (χ4v) is 2.33. The molecule has 22 heavy (non-hydrogen) atoms. The molecule has 2 rings (SSSR count). The van der Waals surface area contributed by atoms with E-state index in [9.17, 15) is 0 Å². The van der Waals surface area contributed by atoms with Gasteiger partial charge < -0.3 is 15.4 Å². The Balaban J connectivity index is 1.94. The van der Waals surface area contributed by atoms with Gasteiger partial charge in [-0.25, -0.2) is 0 Å². The van der Waals surface area contributed by atoms with Crippen molar-refractivity contribution in [3.8, 4) is 5.75 Å². The molecule has 0 atom stereocenters. The smallest absolute Gasteiger partial charge is 0.171 e. The monoisotopic (exact) mass is 334 g/mol. The molecule has 0 spiro atoms. The van der Waals surface area contributed by atoms with E-state index >= 15 is 0 Å². The summed E-state index contributed by atoms with van der Waals surface area (Å²) in [7, 11) is 0. The van der Waals surface area contributed by atoms with E-state index in [4.69, 9.17) is 28.6 Å². The van der Waals surface area contributed by atoms with Gasteiger partial charge in [-0.3, -0.25) is 0 Å². The molecule has 0 fully saturated rings. The molecule has 116 valence electrons. The molecule has 3 nitrogen and oxygen atoms in total. The van der Waals surface area contributed by atoms with E-state index in [0.717, 1.165) is 27.6 Å². The Morgan fingerprint density at radius 3 is 2.73 bits per heavy atom. The van der Waals surface area contributed by atoms with E-state index in [-0.39, 0.29) is 0 Å². The lowest BCUT2D eigenvalue weighted by atomic mass is 10.1. The number of halogens is 1. The van der Waals surface area contributed by atoms with Crippen LogP contribution in [0.3, 0.4) is 0 Å². The Morgan fingerprint density at radius 2 is 2.00 bits per heavy atom. The molecule has 2 aromatic rings. The van der Waals surface area contributed by atoms with Crippen molar-refractivity contribution in [3.05, 3.63) is 58.6 Å². The van der Waals surface area contributed by atoms with Crippen LogP contribution in [0.15, 0.2) is 42.5 Å². The van der Waals surface area contributed by atoms with E-state index in [2.05, 4.69) is 10.6 Å². The summed E-state index contributed by atoms with van der Waals surface area (Å²) < 4.78 is 5.56. The second kappa shape index (κ2) is 8.01.